The van der Waals surface area contributed by atoms with Crippen molar-refractivity contribution in [2.45, 2.75) is 39.0 Å². The summed E-state index contributed by atoms with van der Waals surface area (Å²) in [6.45, 7) is 6.42. The third kappa shape index (κ3) is 5.03. The van der Waals surface area contributed by atoms with Gasteiger partial charge in [0.1, 0.15) is 12.4 Å². The van der Waals surface area contributed by atoms with Gasteiger partial charge < -0.3 is 4.74 Å². The van der Waals surface area contributed by atoms with Crippen LogP contribution >= 0.6 is 0 Å². The average Bonchev–Trinajstić information content (AvgIpc) is 2.58. The Bertz CT molecular complexity index is 557. The van der Waals surface area contributed by atoms with E-state index in [1.807, 2.05) is 18.3 Å². The number of hydrogen-bond donors (Lipinski definition) is 0. The van der Waals surface area contributed by atoms with Crippen LogP contribution in [0.3, 0.4) is 0 Å². The molecule has 0 aliphatic heterocycles. The molecule has 0 bridgehead atoms. The number of unbranched alkanes of at least 4 members (excludes halogenated alkanes) is 3. The molecule has 0 N–H and O–H groups in total. The number of aryl methyl sites for hydroxylation is 1. The molecule has 2 rings (SSSR count). The molecule has 0 saturated heterocycles. The minimum absolute atomic E-state index is 0.535. The maximum Gasteiger partial charge on any atom is 0.119 e. The SMILES string of the molecule is C=CCOc1ccc(-c2ccc(CCCCCC)nc2)cc1. The lowest BCUT2D eigenvalue weighted by Crippen LogP contribution is -1.93. The zero-order valence-electron chi connectivity index (χ0n) is 13.4. The van der Waals surface area contributed by atoms with E-state index >= 15 is 0 Å². The highest BCUT2D eigenvalue weighted by Crippen LogP contribution is 2.22. The number of aromatic nitrogens is 1. The summed E-state index contributed by atoms with van der Waals surface area (Å²) in [7, 11) is 0. The van der Waals surface area contributed by atoms with E-state index in [1.54, 1.807) is 6.08 Å². The fraction of sp³-hybridized carbons (Fsp3) is 0.350. The van der Waals surface area contributed by atoms with E-state index in [2.05, 4.69) is 42.8 Å². The maximum absolute atomic E-state index is 5.50. The van der Waals surface area contributed by atoms with Crippen molar-refractivity contribution < 1.29 is 4.74 Å². The lowest BCUT2D eigenvalue weighted by Gasteiger charge is -2.06. The Kier molecular flexibility index (Phi) is 6.69. The van der Waals surface area contributed by atoms with Crippen LogP contribution in [0.1, 0.15) is 38.3 Å². The van der Waals surface area contributed by atoms with Crippen LogP contribution in [0.2, 0.25) is 0 Å². The van der Waals surface area contributed by atoms with E-state index in [1.165, 1.54) is 31.4 Å². The Hall–Kier alpha value is -2.09. The lowest BCUT2D eigenvalue weighted by atomic mass is 10.1. The molecule has 0 aliphatic rings. The van der Waals surface area contributed by atoms with Crippen LogP contribution < -0.4 is 4.74 Å². The summed E-state index contributed by atoms with van der Waals surface area (Å²) in [5.41, 5.74) is 3.49. The van der Waals surface area contributed by atoms with Crippen molar-refractivity contribution in [1.82, 2.24) is 4.98 Å². The second kappa shape index (κ2) is 9.04. The van der Waals surface area contributed by atoms with Gasteiger partial charge in [0.25, 0.3) is 0 Å². The van der Waals surface area contributed by atoms with Gasteiger partial charge in [-0.05, 0) is 36.6 Å². The normalized spacial score (nSPS) is 10.4. The van der Waals surface area contributed by atoms with Gasteiger partial charge in [-0.15, -0.1) is 0 Å². The van der Waals surface area contributed by atoms with E-state index in [0.29, 0.717) is 6.61 Å². The molecule has 2 aromatic rings. The average molecular weight is 295 g/mol. The van der Waals surface area contributed by atoms with Gasteiger partial charge >= 0.3 is 0 Å². The first-order valence-electron chi connectivity index (χ1n) is 8.12. The summed E-state index contributed by atoms with van der Waals surface area (Å²) in [4.78, 5) is 4.58. The molecule has 0 radical (unpaired) electrons. The van der Waals surface area contributed by atoms with Gasteiger partial charge in [0.2, 0.25) is 0 Å². The number of ether oxygens (including phenoxy) is 1. The predicted octanol–water partition coefficient (Wildman–Crippen LogP) is 5.44. The van der Waals surface area contributed by atoms with Crippen LogP contribution in [0.15, 0.2) is 55.3 Å². The minimum Gasteiger partial charge on any atom is -0.490 e. The molecular formula is C20H25NO. The Morgan fingerprint density at radius 1 is 1.00 bits per heavy atom. The third-order valence-corrected chi connectivity index (χ3v) is 3.67. The zero-order chi connectivity index (χ0) is 15.6. The summed E-state index contributed by atoms with van der Waals surface area (Å²) < 4.78 is 5.50. The molecule has 1 heterocycles. The van der Waals surface area contributed by atoms with E-state index in [0.717, 1.165) is 23.3 Å². The first-order valence-corrected chi connectivity index (χ1v) is 8.12. The molecule has 22 heavy (non-hydrogen) atoms. The molecule has 2 heteroatoms. The Labute approximate surface area is 133 Å². The summed E-state index contributed by atoms with van der Waals surface area (Å²) in [6.07, 6.45) is 9.92. The molecule has 1 aromatic carbocycles. The molecule has 0 atom stereocenters. The van der Waals surface area contributed by atoms with E-state index in [-0.39, 0.29) is 0 Å². The van der Waals surface area contributed by atoms with Crippen molar-refractivity contribution in [3.05, 3.63) is 60.9 Å². The highest BCUT2D eigenvalue weighted by atomic mass is 16.5. The van der Waals surface area contributed by atoms with Gasteiger partial charge in [-0.3, -0.25) is 4.98 Å². The molecule has 0 aliphatic carbocycles. The third-order valence-electron chi connectivity index (χ3n) is 3.67. The van der Waals surface area contributed by atoms with Gasteiger partial charge in [-0.2, -0.15) is 0 Å². The fourth-order valence-electron chi connectivity index (χ4n) is 2.37. The summed E-state index contributed by atoms with van der Waals surface area (Å²) in [5, 5.41) is 0. The van der Waals surface area contributed by atoms with E-state index in [4.69, 9.17) is 4.74 Å². The maximum atomic E-state index is 5.50. The van der Waals surface area contributed by atoms with Crippen molar-refractivity contribution in [3.63, 3.8) is 0 Å². The predicted molar refractivity (Wildman–Crippen MR) is 93.2 cm³/mol. The number of hydrogen-bond acceptors (Lipinski definition) is 2. The number of rotatable bonds is 9. The van der Waals surface area contributed by atoms with Crippen molar-refractivity contribution in [2.24, 2.45) is 0 Å². The minimum atomic E-state index is 0.535. The van der Waals surface area contributed by atoms with Gasteiger partial charge in [-0.25, -0.2) is 0 Å². The zero-order valence-corrected chi connectivity index (χ0v) is 13.4. The van der Waals surface area contributed by atoms with Crippen LogP contribution in [-0.2, 0) is 6.42 Å². The fourth-order valence-corrected chi connectivity index (χ4v) is 2.37. The highest BCUT2D eigenvalue weighted by molar-refractivity contribution is 5.63. The van der Waals surface area contributed by atoms with Gasteiger partial charge in [0, 0.05) is 17.5 Å². The number of pyridine rings is 1. The number of nitrogens with zero attached hydrogens (tertiary/aromatic N) is 1. The largest absolute Gasteiger partial charge is 0.490 e. The van der Waals surface area contributed by atoms with Crippen LogP contribution in [0.25, 0.3) is 11.1 Å². The first-order chi connectivity index (χ1) is 10.8. The van der Waals surface area contributed by atoms with E-state index < -0.39 is 0 Å². The van der Waals surface area contributed by atoms with Gasteiger partial charge in [0.05, 0.1) is 0 Å². The number of benzene rings is 1. The van der Waals surface area contributed by atoms with Crippen LogP contribution in [0, 0.1) is 0 Å². The van der Waals surface area contributed by atoms with Gasteiger partial charge in [0.15, 0.2) is 0 Å². The molecule has 2 nitrogen and oxygen atoms in total. The van der Waals surface area contributed by atoms with Crippen LogP contribution in [0.4, 0.5) is 0 Å². The Morgan fingerprint density at radius 3 is 2.41 bits per heavy atom. The van der Waals surface area contributed by atoms with E-state index in [9.17, 15) is 0 Å². The van der Waals surface area contributed by atoms with Crippen LogP contribution in [-0.4, -0.2) is 11.6 Å². The second-order valence-corrected chi connectivity index (χ2v) is 5.47. The monoisotopic (exact) mass is 295 g/mol. The topological polar surface area (TPSA) is 22.1 Å². The molecule has 0 amide bonds. The highest BCUT2D eigenvalue weighted by Gasteiger charge is 2.01. The molecule has 0 spiro atoms. The van der Waals surface area contributed by atoms with Crippen molar-refractivity contribution in [2.75, 3.05) is 6.61 Å². The molecule has 0 unspecified atom stereocenters. The second-order valence-electron chi connectivity index (χ2n) is 5.47. The van der Waals surface area contributed by atoms with Crippen molar-refractivity contribution in [1.29, 1.82) is 0 Å². The summed E-state index contributed by atoms with van der Waals surface area (Å²) in [5.74, 6) is 0.865. The lowest BCUT2D eigenvalue weighted by molar-refractivity contribution is 0.363. The molecular weight excluding hydrogens is 270 g/mol. The standard InChI is InChI=1S/C20H25NO/c1-3-5-6-7-8-19-12-9-18(16-21-19)17-10-13-20(14-11-17)22-15-4-2/h4,9-14,16H,2-3,5-8,15H2,1H3. The molecule has 1 aromatic heterocycles. The van der Waals surface area contributed by atoms with Crippen molar-refractivity contribution >= 4 is 0 Å². The molecule has 0 saturated carbocycles. The summed E-state index contributed by atoms with van der Waals surface area (Å²) >= 11 is 0. The summed E-state index contributed by atoms with van der Waals surface area (Å²) in [6, 6.07) is 12.4. The molecule has 0 fully saturated rings. The Morgan fingerprint density at radius 2 is 1.77 bits per heavy atom. The quantitative estimate of drug-likeness (QED) is 0.454. The first kappa shape index (κ1) is 16.3. The van der Waals surface area contributed by atoms with Crippen LogP contribution in [0.5, 0.6) is 5.75 Å². The smallest absolute Gasteiger partial charge is 0.119 e. The van der Waals surface area contributed by atoms with Gasteiger partial charge in [-0.1, -0.05) is 57.0 Å². The molecule has 116 valence electrons. The Balaban J connectivity index is 1.93. The van der Waals surface area contributed by atoms with Crippen molar-refractivity contribution in [3.8, 4) is 16.9 Å².